The van der Waals surface area contributed by atoms with Gasteiger partial charge in [-0.2, -0.15) is 9.97 Å². The van der Waals surface area contributed by atoms with E-state index in [4.69, 9.17) is 16.3 Å². The Morgan fingerprint density at radius 3 is 2.62 bits per heavy atom. The zero-order valence-electron chi connectivity index (χ0n) is 16.3. The first-order valence-corrected chi connectivity index (χ1v) is 10.7. The molecule has 2 saturated heterocycles. The van der Waals surface area contributed by atoms with E-state index in [0.29, 0.717) is 28.8 Å². The molecular weight excluding hydrogens is 398 g/mol. The van der Waals surface area contributed by atoms with E-state index in [-0.39, 0.29) is 11.7 Å². The van der Waals surface area contributed by atoms with Crippen LogP contribution < -0.4 is 4.90 Å². The van der Waals surface area contributed by atoms with Crippen LogP contribution in [0.25, 0.3) is 11.2 Å². The third-order valence-electron chi connectivity index (χ3n) is 7.05. The standard InChI is InChI=1S/C19H26ClN5O4/c1-2-19(28)12(8-26)29-17(14(19)27)25-9-21-13-15(22-18(20)23-16(13)25)24-6-10-4-3-5-11(10)7-24/h9-12,14,17,26-28H,2-8H2,1H3/t10-,11+,12-,14+,17-,19-/m1/s1. The fourth-order valence-corrected chi connectivity index (χ4v) is 5.50. The summed E-state index contributed by atoms with van der Waals surface area (Å²) >= 11 is 6.25. The normalized spacial score (nSPS) is 37.0. The highest BCUT2D eigenvalue weighted by Crippen LogP contribution is 2.43. The maximum atomic E-state index is 10.8. The highest BCUT2D eigenvalue weighted by molar-refractivity contribution is 6.28. The van der Waals surface area contributed by atoms with Crippen LogP contribution in [0.3, 0.4) is 0 Å². The maximum absolute atomic E-state index is 10.8. The predicted octanol–water partition coefficient (Wildman–Crippen LogP) is 1.11. The first-order valence-electron chi connectivity index (χ1n) is 10.3. The van der Waals surface area contributed by atoms with Crippen molar-refractivity contribution < 1.29 is 20.1 Å². The van der Waals surface area contributed by atoms with Crippen LogP contribution in [0.15, 0.2) is 6.33 Å². The van der Waals surface area contributed by atoms with Gasteiger partial charge in [0.25, 0.3) is 0 Å². The summed E-state index contributed by atoms with van der Waals surface area (Å²) in [5.74, 6) is 2.07. The number of fused-ring (bicyclic) bond motifs is 2. The van der Waals surface area contributed by atoms with Crippen LogP contribution in [-0.2, 0) is 4.74 Å². The summed E-state index contributed by atoms with van der Waals surface area (Å²) in [6.07, 6.45) is 2.47. The van der Waals surface area contributed by atoms with Gasteiger partial charge in [0.05, 0.1) is 12.9 Å². The lowest BCUT2D eigenvalue weighted by Crippen LogP contribution is -2.48. The monoisotopic (exact) mass is 423 g/mol. The van der Waals surface area contributed by atoms with Crippen LogP contribution in [0, 0.1) is 11.8 Å². The molecule has 2 aromatic heterocycles. The third-order valence-corrected chi connectivity index (χ3v) is 7.22. The van der Waals surface area contributed by atoms with Crippen LogP contribution in [0.5, 0.6) is 0 Å². The van der Waals surface area contributed by atoms with Gasteiger partial charge in [0.2, 0.25) is 5.28 Å². The molecule has 0 spiro atoms. The summed E-state index contributed by atoms with van der Waals surface area (Å²) < 4.78 is 7.38. The molecule has 29 heavy (non-hydrogen) atoms. The van der Waals surface area contributed by atoms with Crippen molar-refractivity contribution >= 4 is 28.6 Å². The van der Waals surface area contributed by atoms with E-state index in [1.165, 1.54) is 25.6 Å². The van der Waals surface area contributed by atoms with Gasteiger partial charge in [-0.15, -0.1) is 0 Å². The zero-order valence-corrected chi connectivity index (χ0v) is 17.0. The van der Waals surface area contributed by atoms with E-state index in [9.17, 15) is 15.3 Å². The number of anilines is 1. The molecule has 0 amide bonds. The molecule has 2 aliphatic heterocycles. The molecule has 1 aliphatic carbocycles. The second-order valence-corrected chi connectivity index (χ2v) is 8.82. The molecule has 0 bridgehead atoms. The number of aliphatic hydroxyl groups is 3. The molecule has 0 radical (unpaired) electrons. The summed E-state index contributed by atoms with van der Waals surface area (Å²) in [6, 6.07) is 0. The Bertz CT molecular complexity index is 913. The predicted molar refractivity (Wildman–Crippen MR) is 106 cm³/mol. The SMILES string of the molecule is CC[C@@]1(O)[C@@H](CO)O[C@@H](n2cnc3c(N4C[C@H]5CCC[C@H]5C4)nc(Cl)nc32)[C@@H]1O. The second kappa shape index (κ2) is 7.02. The van der Waals surface area contributed by atoms with E-state index in [2.05, 4.69) is 19.9 Å². The molecule has 0 aromatic carbocycles. The average Bonchev–Trinajstić information content (AvgIpc) is 3.45. The molecule has 0 unspecified atom stereocenters. The van der Waals surface area contributed by atoms with Crippen molar-refractivity contribution in [2.45, 2.75) is 56.6 Å². The number of nitrogens with zero attached hydrogens (tertiary/aromatic N) is 5. The Kier molecular flexibility index (Phi) is 4.71. The van der Waals surface area contributed by atoms with Crippen LogP contribution >= 0.6 is 11.6 Å². The summed E-state index contributed by atoms with van der Waals surface area (Å²) in [5, 5.41) is 31.3. The largest absolute Gasteiger partial charge is 0.394 e. The van der Waals surface area contributed by atoms with Crippen molar-refractivity contribution in [3.05, 3.63) is 11.6 Å². The Morgan fingerprint density at radius 2 is 2.00 bits per heavy atom. The molecule has 158 valence electrons. The van der Waals surface area contributed by atoms with Crippen LogP contribution in [0.2, 0.25) is 5.28 Å². The Labute approximate surface area is 173 Å². The molecule has 9 nitrogen and oxygen atoms in total. The molecular formula is C19H26ClN5O4. The van der Waals surface area contributed by atoms with Crippen LogP contribution in [0.4, 0.5) is 5.82 Å². The molecule has 3 aliphatic rings. The van der Waals surface area contributed by atoms with Gasteiger partial charge in [-0.05, 0) is 42.7 Å². The molecule has 5 rings (SSSR count). The van der Waals surface area contributed by atoms with Crippen molar-refractivity contribution in [3.8, 4) is 0 Å². The number of imidazole rings is 1. The van der Waals surface area contributed by atoms with E-state index >= 15 is 0 Å². The minimum atomic E-state index is -1.55. The topological polar surface area (TPSA) is 117 Å². The van der Waals surface area contributed by atoms with Crippen LogP contribution in [-0.4, -0.2) is 72.3 Å². The number of hydrogen-bond acceptors (Lipinski definition) is 8. The smallest absolute Gasteiger partial charge is 0.226 e. The first kappa shape index (κ1) is 19.4. The van der Waals surface area contributed by atoms with Gasteiger partial charge in [-0.25, -0.2) is 4.98 Å². The third kappa shape index (κ3) is 2.86. The lowest BCUT2D eigenvalue weighted by Gasteiger charge is -2.28. The van der Waals surface area contributed by atoms with E-state index in [1.807, 2.05) is 0 Å². The van der Waals surface area contributed by atoms with Crippen molar-refractivity contribution in [2.75, 3.05) is 24.6 Å². The van der Waals surface area contributed by atoms with E-state index < -0.39 is 30.6 Å². The Balaban J connectivity index is 1.53. The second-order valence-electron chi connectivity index (χ2n) is 8.48. The Morgan fingerprint density at radius 1 is 1.28 bits per heavy atom. The number of halogens is 1. The van der Waals surface area contributed by atoms with E-state index in [1.54, 1.807) is 11.5 Å². The van der Waals surface area contributed by atoms with Crippen LogP contribution in [0.1, 0.15) is 38.8 Å². The molecule has 3 fully saturated rings. The molecule has 10 heteroatoms. The van der Waals surface area contributed by atoms with E-state index in [0.717, 1.165) is 13.1 Å². The minimum Gasteiger partial charge on any atom is -0.394 e. The summed E-state index contributed by atoms with van der Waals surface area (Å²) in [5.41, 5.74) is -0.516. The number of aliphatic hydroxyl groups excluding tert-OH is 2. The first-order chi connectivity index (χ1) is 14.0. The van der Waals surface area contributed by atoms with Gasteiger partial charge >= 0.3 is 0 Å². The fourth-order valence-electron chi connectivity index (χ4n) is 5.34. The molecule has 6 atom stereocenters. The lowest BCUT2D eigenvalue weighted by molar-refractivity contribution is -0.0944. The average molecular weight is 424 g/mol. The quantitative estimate of drug-likeness (QED) is 0.626. The van der Waals surface area contributed by atoms with Gasteiger partial charge in [-0.3, -0.25) is 4.57 Å². The maximum Gasteiger partial charge on any atom is 0.226 e. The van der Waals surface area contributed by atoms with Gasteiger partial charge in [-0.1, -0.05) is 13.3 Å². The summed E-state index contributed by atoms with van der Waals surface area (Å²) in [7, 11) is 0. The highest BCUT2D eigenvalue weighted by atomic mass is 35.5. The number of ether oxygens (including phenoxy) is 1. The van der Waals surface area contributed by atoms with Crippen molar-refractivity contribution in [1.29, 1.82) is 0 Å². The number of aromatic nitrogens is 4. The molecule has 1 saturated carbocycles. The zero-order chi connectivity index (χ0) is 20.3. The summed E-state index contributed by atoms with van der Waals surface area (Å²) in [4.78, 5) is 15.5. The minimum absolute atomic E-state index is 0.100. The number of rotatable bonds is 4. The van der Waals surface area contributed by atoms with Crippen molar-refractivity contribution in [2.24, 2.45) is 11.8 Å². The van der Waals surface area contributed by atoms with Gasteiger partial charge in [0, 0.05) is 13.1 Å². The van der Waals surface area contributed by atoms with Gasteiger partial charge in [0.15, 0.2) is 23.2 Å². The summed E-state index contributed by atoms with van der Waals surface area (Å²) in [6.45, 7) is 3.21. The molecule has 2 aromatic rings. The van der Waals surface area contributed by atoms with Crippen molar-refractivity contribution in [1.82, 2.24) is 19.5 Å². The molecule has 4 heterocycles. The van der Waals surface area contributed by atoms with Gasteiger partial charge < -0.3 is 25.0 Å². The number of hydrogen-bond donors (Lipinski definition) is 3. The van der Waals surface area contributed by atoms with Crippen molar-refractivity contribution in [3.63, 3.8) is 0 Å². The lowest BCUT2D eigenvalue weighted by atomic mass is 9.89. The highest BCUT2D eigenvalue weighted by Gasteiger charge is 2.55. The fraction of sp³-hybridized carbons (Fsp3) is 0.737. The Hall–Kier alpha value is -1.52. The van der Waals surface area contributed by atoms with Gasteiger partial charge in [0.1, 0.15) is 17.8 Å². The molecule has 3 N–H and O–H groups in total.